The maximum Gasteiger partial charge on any atom is 0.341 e. The van der Waals surface area contributed by atoms with E-state index in [1.54, 1.807) is 4.57 Å². The van der Waals surface area contributed by atoms with Crippen molar-refractivity contribution in [2.75, 3.05) is 6.54 Å². The van der Waals surface area contributed by atoms with Gasteiger partial charge in [0.2, 0.25) is 5.43 Å². The van der Waals surface area contributed by atoms with Crippen molar-refractivity contribution in [3.05, 3.63) is 63.6 Å². The first-order valence-corrected chi connectivity index (χ1v) is 9.48. The molecule has 1 aromatic carbocycles. The van der Waals surface area contributed by atoms with Gasteiger partial charge in [-0.25, -0.2) is 4.79 Å². The molecule has 28 heavy (non-hydrogen) atoms. The van der Waals surface area contributed by atoms with Crippen LogP contribution in [0.1, 0.15) is 45.7 Å². The van der Waals surface area contributed by atoms with Gasteiger partial charge in [0.05, 0.1) is 5.54 Å². The zero-order valence-corrected chi connectivity index (χ0v) is 15.3. The number of amides is 1. The average Bonchev–Trinajstić information content (AvgIpc) is 3.25. The van der Waals surface area contributed by atoms with E-state index in [1.807, 2.05) is 35.2 Å². The molecule has 3 heterocycles. The minimum absolute atomic E-state index is 0.0905. The van der Waals surface area contributed by atoms with Crippen LogP contribution in [0.4, 0.5) is 0 Å². The van der Waals surface area contributed by atoms with E-state index in [4.69, 9.17) is 4.74 Å². The number of hydrogen-bond donors (Lipinski definition) is 1. The Bertz CT molecular complexity index is 1040. The molecular weight excluding hydrogens is 360 g/mol. The highest BCUT2D eigenvalue weighted by Crippen LogP contribution is 2.50. The second-order valence-electron chi connectivity index (χ2n) is 8.01. The Morgan fingerprint density at radius 3 is 2.75 bits per heavy atom. The monoisotopic (exact) mass is 380 g/mol. The highest BCUT2D eigenvalue weighted by molar-refractivity contribution is 5.98. The van der Waals surface area contributed by atoms with E-state index in [1.165, 1.54) is 6.20 Å². The smallest absolute Gasteiger partial charge is 0.341 e. The number of hydrogen-bond acceptors (Lipinski definition) is 4. The maximum atomic E-state index is 13.3. The van der Waals surface area contributed by atoms with Crippen molar-refractivity contribution in [2.24, 2.45) is 5.92 Å². The Labute approximate surface area is 161 Å². The van der Waals surface area contributed by atoms with Crippen LogP contribution in [0.25, 0.3) is 0 Å². The van der Waals surface area contributed by atoms with Crippen molar-refractivity contribution in [1.82, 2.24) is 9.47 Å². The molecule has 2 atom stereocenters. The molecule has 0 radical (unpaired) electrons. The molecule has 7 heteroatoms. The Morgan fingerprint density at radius 2 is 2.04 bits per heavy atom. The summed E-state index contributed by atoms with van der Waals surface area (Å²) in [5.74, 6) is -1.22. The molecule has 1 saturated heterocycles. The summed E-state index contributed by atoms with van der Waals surface area (Å²) in [6.07, 6.45) is 4.25. The number of rotatable bonds is 4. The first kappa shape index (κ1) is 17.0. The molecule has 1 N–H and O–H groups in total. The summed E-state index contributed by atoms with van der Waals surface area (Å²) in [4.78, 5) is 39.6. The van der Waals surface area contributed by atoms with E-state index in [2.05, 4.69) is 0 Å². The molecule has 1 aliphatic carbocycles. The van der Waals surface area contributed by atoms with Gasteiger partial charge in [0.1, 0.15) is 12.2 Å². The zero-order chi connectivity index (χ0) is 19.5. The quantitative estimate of drug-likeness (QED) is 0.878. The van der Waals surface area contributed by atoms with Crippen LogP contribution in [0.15, 0.2) is 41.3 Å². The minimum Gasteiger partial charge on any atom is -0.483 e. The fourth-order valence-electron chi connectivity index (χ4n) is 5.04. The van der Waals surface area contributed by atoms with Crippen LogP contribution in [0.5, 0.6) is 5.75 Å². The van der Waals surface area contributed by atoms with Crippen molar-refractivity contribution < 1.29 is 19.4 Å². The summed E-state index contributed by atoms with van der Waals surface area (Å²) >= 11 is 0. The first-order chi connectivity index (χ1) is 13.5. The molecule has 1 spiro atoms. The second kappa shape index (κ2) is 5.95. The van der Waals surface area contributed by atoms with Crippen molar-refractivity contribution >= 4 is 11.9 Å². The lowest BCUT2D eigenvalue weighted by Crippen LogP contribution is -2.55. The van der Waals surface area contributed by atoms with Gasteiger partial charge in [-0.05, 0) is 30.7 Å². The number of aromatic nitrogens is 1. The molecule has 2 bridgehead atoms. The molecule has 5 rings (SSSR count). The molecule has 2 fully saturated rings. The van der Waals surface area contributed by atoms with Crippen molar-refractivity contribution in [1.29, 1.82) is 0 Å². The van der Waals surface area contributed by atoms with Gasteiger partial charge in [-0.3, -0.25) is 9.59 Å². The van der Waals surface area contributed by atoms with E-state index in [-0.39, 0.29) is 35.1 Å². The Hall–Kier alpha value is -3.09. The van der Waals surface area contributed by atoms with Gasteiger partial charge in [-0.2, -0.15) is 0 Å². The number of fused-ring (bicyclic) bond motifs is 2. The first-order valence-electron chi connectivity index (χ1n) is 9.48. The van der Waals surface area contributed by atoms with Crippen LogP contribution in [-0.4, -0.2) is 38.5 Å². The van der Waals surface area contributed by atoms with Crippen molar-refractivity contribution in [3.8, 4) is 5.75 Å². The summed E-state index contributed by atoms with van der Waals surface area (Å²) in [5, 5.41) is 9.50. The van der Waals surface area contributed by atoms with E-state index >= 15 is 0 Å². The number of ether oxygens (including phenoxy) is 1. The van der Waals surface area contributed by atoms with E-state index in [0.717, 1.165) is 24.8 Å². The second-order valence-corrected chi connectivity index (χ2v) is 8.01. The van der Waals surface area contributed by atoms with Crippen LogP contribution in [0.3, 0.4) is 0 Å². The number of aromatic carboxylic acids is 1. The Balaban J connectivity index is 1.61. The van der Waals surface area contributed by atoms with Gasteiger partial charge in [0.15, 0.2) is 11.4 Å². The number of carboxylic acids is 1. The number of benzene rings is 1. The third-order valence-corrected chi connectivity index (χ3v) is 6.31. The number of nitrogens with zero attached hydrogens (tertiary/aromatic N) is 2. The third kappa shape index (κ3) is 2.38. The highest BCUT2D eigenvalue weighted by atomic mass is 16.5. The summed E-state index contributed by atoms with van der Waals surface area (Å²) < 4.78 is 7.40. The average molecular weight is 380 g/mol. The van der Waals surface area contributed by atoms with Gasteiger partial charge >= 0.3 is 5.97 Å². The summed E-state index contributed by atoms with van der Waals surface area (Å²) in [5.41, 5.74) is -0.359. The number of carbonyl (C=O) groups excluding carboxylic acids is 1. The van der Waals surface area contributed by atoms with Crippen LogP contribution in [0.2, 0.25) is 0 Å². The largest absolute Gasteiger partial charge is 0.483 e. The van der Waals surface area contributed by atoms with Gasteiger partial charge in [0.25, 0.3) is 5.91 Å². The number of carboxylic acid groups (broad SMARTS) is 1. The zero-order valence-electron chi connectivity index (χ0n) is 15.3. The van der Waals surface area contributed by atoms with Crippen LogP contribution < -0.4 is 10.2 Å². The predicted octanol–water partition coefficient (Wildman–Crippen LogP) is 2.13. The number of pyridine rings is 1. The topological polar surface area (TPSA) is 88.8 Å². The van der Waals surface area contributed by atoms with Gasteiger partial charge < -0.3 is 19.3 Å². The Morgan fingerprint density at radius 1 is 1.25 bits per heavy atom. The highest BCUT2D eigenvalue weighted by Gasteiger charge is 2.56. The summed E-state index contributed by atoms with van der Waals surface area (Å²) in [7, 11) is 0. The standard InChI is InChI=1S/C21H20N2O5/c24-17-15(20(26)27)10-22-12-21-7-6-14(8-21)9-23(21)19(25)16(22)18(17)28-11-13-4-2-1-3-5-13/h1-5,10,14H,6-9,11-12H2,(H,26,27)/t14-,21+/m1/s1. The third-order valence-electron chi connectivity index (χ3n) is 6.31. The van der Waals surface area contributed by atoms with Crippen LogP contribution in [-0.2, 0) is 13.2 Å². The molecule has 1 amide bonds. The maximum absolute atomic E-state index is 13.3. The lowest BCUT2D eigenvalue weighted by Gasteiger charge is -2.44. The minimum atomic E-state index is -1.31. The summed E-state index contributed by atoms with van der Waals surface area (Å²) in [6.45, 7) is 1.30. The molecule has 3 aliphatic rings. The van der Waals surface area contributed by atoms with Crippen LogP contribution in [0, 0.1) is 5.92 Å². The van der Waals surface area contributed by atoms with E-state index in [9.17, 15) is 19.5 Å². The molecule has 144 valence electrons. The summed E-state index contributed by atoms with van der Waals surface area (Å²) in [6, 6.07) is 9.27. The van der Waals surface area contributed by atoms with Crippen molar-refractivity contribution in [2.45, 2.75) is 38.0 Å². The van der Waals surface area contributed by atoms with E-state index < -0.39 is 11.4 Å². The molecule has 1 aromatic heterocycles. The SMILES string of the molecule is O=C(O)c1cn2c(c(OCc3ccccc3)c1=O)C(=O)N1C[C@@H]3CC[C@]1(C3)C2. The van der Waals surface area contributed by atoms with Gasteiger partial charge in [-0.15, -0.1) is 0 Å². The van der Waals surface area contributed by atoms with Gasteiger partial charge in [-0.1, -0.05) is 30.3 Å². The predicted molar refractivity (Wildman–Crippen MR) is 99.5 cm³/mol. The molecular formula is C21H20N2O5. The van der Waals surface area contributed by atoms with Crippen LogP contribution >= 0.6 is 0 Å². The Kier molecular flexibility index (Phi) is 3.62. The number of carbonyl (C=O) groups is 2. The van der Waals surface area contributed by atoms with Crippen molar-refractivity contribution in [3.63, 3.8) is 0 Å². The molecule has 2 aromatic rings. The van der Waals surface area contributed by atoms with Gasteiger partial charge in [0, 0.05) is 19.3 Å². The molecule has 7 nitrogen and oxygen atoms in total. The molecule has 1 saturated carbocycles. The lowest BCUT2D eigenvalue weighted by atomic mass is 9.93. The molecule has 2 aliphatic heterocycles. The normalized spacial score (nSPS) is 24.8. The number of piperidine rings is 1. The molecule has 0 unspecified atom stereocenters. The van der Waals surface area contributed by atoms with E-state index in [0.29, 0.717) is 19.0 Å². The lowest BCUT2D eigenvalue weighted by molar-refractivity contribution is 0.0392. The fourth-order valence-corrected chi connectivity index (χ4v) is 5.04. The fraction of sp³-hybridized carbons (Fsp3) is 0.381.